The second kappa shape index (κ2) is 12.0. The molecule has 2 heterocycles. The van der Waals surface area contributed by atoms with Crippen LogP contribution in [0.25, 0.3) is 0 Å². The average molecular weight is 460 g/mol. The van der Waals surface area contributed by atoms with Crippen molar-refractivity contribution in [3.05, 3.63) is 29.8 Å². The first-order valence-corrected chi connectivity index (χ1v) is 12.1. The predicted octanol–water partition coefficient (Wildman–Crippen LogP) is 2.15. The number of nitrogens with zero attached hydrogens (tertiary/aromatic N) is 2. The summed E-state index contributed by atoms with van der Waals surface area (Å²) in [5.74, 6) is 0.383. The molecule has 0 aromatic heterocycles. The first-order valence-electron chi connectivity index (χ1n) is 12.1. The summed E-state index contributed by atoms with van der Waals surface area (Å²) < 4.78 is 12.3. The van der Waals surface area contributed by atoms with Crippen LogP contribution in [-0.2, 0) is 25.5 Å². The lowest BCUT2D eigenvalue weighted by Gasteiger charge is -2.44. The lowest BCUT2D eigenvalue weighted by molar-refractivity contribution is -0.176. The van der Waals surface area contributed by atoms with Crippen LogP contribution < -0.4 is 10.1 Å². The lowest BCUT2D eigenvalue weighted by Crippen LogP contribution is -2.62. The number of carbonyl (C=O) groups is 3. The fourth-order valence-electron chi connectivity index (χ4n) is 4.49. The summed E-state index contributed by atoms with van der Waals surface area (Å²) in [5, 5.41) is 2.56. The molecule has 1 N–H and O–H groups in total. The molecule has 1 aromatic rings. The Kier molecular flexibility index (Phi) is 9.11. The molecule has 1 unspecified atom stereocenters. The van der Waals surface area contributed by atoms with Crippen LogP contribution in [0.5, 0.6) is 5.75 Å². The fourth-order valence-corrected chi connectivity index (χ4v) is 4.49. The summed E-state index contributed by atoms with van der Waals surface area (Å²) in [6.07, 6.45) is 4.99. The Bertz CT molecular complexity index is 830. The van der Waals surface area contributed by atoms with Crippen LogP contribution in [0.3, 0.4) is 0 Å². The molecule has 0 aliphatic carbocycles. The van der Waals surface area contributed by atoms with Gasteiger partial charge < -0.3 is 24.6 Å². The molecule has 8 nitrogen and oxygen atoms in total. The molecular formula is C25H37N3O5. The van der Waals surface area contributed by atoms with Crippen molar-refractivity contribution in [2.75, 3.05) is 45.9 Å². The first kappa shape index (κ1) is 25.0. The maximum absolute atomic E-state index is 13.9. The Morgan fingerprint density at radius 1 is 1.15 bits per heavy atom. The van der Waals surface area contributed by atoms with Gasteiger partial charge in [-0.1, -0.05) is 31.5 Å². The molecule has 182 valence electrons. The number of hydrogen-bond donors (Lipinski definition) is 1. The van der Waals surface area contributed by atoms with Gasteiger partial charge in [0.1, 0.15) is 12.4 Å². The van der Waals surface area contributed by atoms with E-state index in [2.05, 4.69) is 18.3 Å². The molecule has 0 saturated carbocycles. The highest BCUT2D eigenvalue weighted by Gasteiger charge is 2.46. The predicted molar refractivity (Wildman–Crippen MR) is 125 cm³/mol. The molecule has 0 bridgehead atoms. The Morgan fingerprint density at radius 2 is 1.97 bits per heavy atom. The van der Waals surface area contributed by atoms with E-state index < -0.39 is 5.60 Å². The van der Waals surface area contributed by atoms with Crippen molar-refractivity contribution in [1.82, 2.24) is 15.1 Å². The minimum absolute atomic E-state index is 0.0644. The number of rotatable bonds is 5. The second-order valence-corrected chi connectivity index (χ2v) is 8.88. The molecule has 0 radical (unpaired) electrons. The maximum atomic E-state index is 13.9. The number of benzene rings is 1. The van der Waals surface area contributed by atoms with Gasteiger partial charge in [-0.05, 0) is 43.7 Å². The minimum Gasteiger partial charge on any atom is -0.491 e. The van der Waals surface area contributed by atoms with Crippen molar-refractivity contribution >= 4 is 17.7 Å². The van der Waals surface area contributed by atoms with Gasteiger partial charge in [0.15, 0.2) is 5.60 Å². The zero-order chi connectivity index (χ0) is 23.7. The molecule has 1 fully saturated rings. The van der Waals surface area contributed by atoms with Crippen molar-refractivity contribution < 1.29 is 23.9 Å². The number of hydrogen-bond acceptors (Lipinski definition) is 5. The number of ether oxygens (including phenoxy) is 2. The number of amides is 3. The van der Waals surface area contributed by atoms with Crippen molar-refractivity contribution in [2.45, 2.75) is 58.0 Å². The summed E-state index contributed by atoms with van der Waals surface area (Å²) in [7, 11) is 0. The largest absolute Gasteiger partial charge is 0.491 e. The van der Waals surface area contributed by atoms with E-state index in [0.717, 1.165) is 37.9 Å². The van der Waals surface area contributed by atoms with E-state index in [1.165, 1.54) is 12.5 Å². The van der Waals surface area contributed by atoms with Crippen LogP contribution in [0.4, 0.5) is 0 Å². The van der Waals surface area contributed by atoms with E-state index in [-0.39, 0.29) is 30.8 Å². The van der Waals surface area contributed by atoms with E-state index in [9.17, 15) is 14.4 Å². The van der Waals surface area contributed by atoms with E-state index in [1.807, 2.05) is 23.1 Å². The highest BCUT2D eigenvalue weighted by Crippen LogP contribution is 2.29. The molecule has 33 heavy (non-hydrogen) atoms. The van der Waals surface area contributed by atoms with Crippen LogP contribution in [0.15, 0.2) is 24.3 Å². The van der Waals surface area contributed by atoms with Crippen LogP contribution in [0.1, 0.15) is 51.5 Å². The third-order valence-electron chi connectivity index (χ3n) is 6.35. The Labute approximate surface area is 196 Å². The van der Waals surface area contributed by atoms with Crippen molar-refractivity contribution in [2.24, 2.45) is 0 Å². The SMILES string of the molecule is CCCCN1CCOc2ccccc2CCCCC2(CN(C(=O)CNC(C)=O)CCO2)C1=O. The molecule has 1 spiro atoms. The standard InChI is InChI=1S/C25H37N3O5/c1-3-4-13-27-14-16-32-22-11-6-5-9-21(22)10-7-8-12-25(24(27)31)19-28(15-17-33-25)23(30)18-26-20(2)29/h5-6,9,11H,3-4,7-8,10,12-19H2,1-2H3,(H,26,29). The van der Waals surface area contributed by atoms with Gasteiger partial charge >= 0.3 is 0 Å². The van der Waals surface area contributed by atoms with Gasteiger partial charge in [0.2, 0.25) is 11.8 Å². The molecule has 3 rings (SSSR count). The maximum Gasteiger partial charge on any atom is 0.256 e. The van der Waals surface area contributed by atoms with Crippen LogP contribution in [0, 0.1) is 0 Å². The third-order valence-corrected chi connectivity index (χ3v) is 6.35. The number of para-hydroxylation sites is 1. The van der Waals surface area contributed by atoms with Gasteiger partial charge in [0.25, 0.3) is 5.91 Å². The van der Waals surface area contributed by atoms with Crippen molar-refractivity contribution in [3.63, 3.8) is 0 Å². The molecule has 2 aliphatic rings. The Morgan fingerprint density at radius 3 is 2.76 bits per heavy atom. The normalized spacial score (nSPS) is 22.1. The van der Waals surface area contributed by atoms with Crippen LogP contribution >= 0.6 is 0 Å². The minimum atomic E-state index is -1.06. The van der Waals surface area contributed by atoms with Gasteiger partial charge in [-0.15, -0.1) is 0 Å². The quantitative estimate of drug-likeness (QED) is 0.729. The molecule has 2 aliphatic heterocycles. The monoisotopic (exact) mass is 459 g/mol. The number of unbranched alkanes of at least 4 members (excludes halogenated alkanes) is 1. The Balaban J connectivity index is 1.81. The number of nitrogens with one attached hydrogen (secondary N) is 1. The zero-order valence-electron chi connectivity index (χ0n) is 19.9. The molecule has 1 saturated heterocycles. The van der Waals surface area contributed by atoms with Crippen LogP contribution in [0.2, 0.25) is 0 Å². The fraction of sp³-hybridized carbons (Fsp3) is 0.640. The summed E-state index contributed by atoms with van der Waals surface area (Å²) in [6.45, 7) is 5.86. The third kappa shape index (κ3) is 6.69. The Hall–Kier alpha value is -2.61. The number of morpholine rings is 1. The van der Waals surface area contributed by atoms with E-state index in [4.69, 9.17) is 9.47 Å². The topological polar surface area (TPSA) is 88.2 Å². The number of fused-ring (bicyclic) bond motifs is 1. The second-order valence-electron chi connectivity index (χ2n) is 8.88. The van der Waals surface area contributed by atoms with Crippen molar-refractivity contribution in [1.29, 1.82) is 0 Å². The highest BCUT2D eigenvalue weighted by molar-refractivity contribution is 5.88. The summed E-state index contributed by atoms with van der Waals surface area (Å²) >= 11 is 0. The number of carbonyl (C=O) groups excluding carboxylic acids is 3. The lowest BCUT2D eigenvalue weighted by atomic mass is 9.90. The smallest absolute Gasteiger partial charge is 0.256 e. The van der Waals surface area contributed by atoms with Gasteiger partial charge in [0.05, 0.1) is 26.2 Å². The molecular weight excluding hydrogens is 422 g/mol. The van der Waals surface area contributed by atoms with Gasteiger partial charge in [-0.2, -0.15) is 0 Å². The van der Waals surface area contributed by atoms with Crippen molar-refractivity contribution in [3.8, 4) is 5.75 Å². The van der Waals surface area contributed by atoms with Crippen LogP contribution in [-0.4, -0.2) is 79.1 Å². The van der Waals surface area contributed by atoms with Gasteiger partial charge in [0, 0.05) is 20.0 Å². The van der Waals surface area contributed by atoms with Gasteiger partial charge in [-0.3, -0.25) is 14.4 Å². The summed E-state index contributed by atoms with van der Waals surface area (Å²) in [4.78, 5) is 41.3. The van der Waals surface area contributed by atoms with E-state index in [1.54, 1.807) is 4.90 Å². The molecule has 8 heteroatoms. The zero-order valence-corrected chi connectivity index (χ0v) is 19.9. The first-order chi connectivity index (χ1) is 15.9. The van der Waals surface area contributed by atoms with E-state index >= 15 is 0 Å². The average Bonchev–Trinajstić information content (AvgIpc) is 2.82. The summed E-state index contributed by atoms with van der Waals surface area (Å²) in [6, 6.07) is 8.08. The van der Waals surface area contributed by atoms with E-state index in [0.29, 0.717) is 39.3 Å². The van der Waals surface area contributed by atoms with Gasteiger partial charge in [-0.25, -0.2) is 0 Å². The summed E-state index contributed by atoms with van der Waals surface area (Å²) in [5.41, 5.74) is 0.117. The highest BCUT2D eigenvalue weighted by atomic mass is 16.5. The molecule has 1 aromatic carbocycles. The molecule has 1 atom stereocenters. The number of aryl methyl sites for hydroxylation is 1. The molecule has 3 amide bonds.